The largest absolute Gasteiger partial charge is 0.320 e. The van der Waals surface area contributed by atoms with Crippen molar-refractivity contribution in [3.05, 3.63) is 89.5 Å². The van der Waals surface area contributed by atoms with Crippen molar-refractivity contribution in [2.24, 2.45) is 0 Å². The molecule has 1 aliphatic rings. The second-order valence-electron chi connectivity index (χ2n) is 9.59. The van der Waals surface area contributed by atoms with Crippen molar-refractivity contribution in [1.82, 2.24) is 5.43 Å². The van der Waals surface area contributed by atoms with Crippen molar-refractivity contribution in [3.63, 3.8) is 0 Å². The van der Waals surface area contributed by atoms with Crippen LogP contribution in [-0.4, -0.2) is 23.6 Å². The smallest absolute Gasteiger partial charge is 0.255 e. The Hall–Kier alpha value is -4.46. The van der Waals surface area contributed by atoms with Crippen LogP contribution in [0.3, 0.4) is 0 Å². The van der Waals surface area contributed by atoms with E-state index in [0.29, 0.717) is 28.2 Å². The Morgan fingerprint density at radius 2 is 1.25 bits per heavy atom. The normalized spacial score (nSPS) is 13.7. The SMILES string of the molecule is CC(C)(C)c1ccc(C(=O)Nc2ccccc2NC(=O)c2ccc(N3NC(=O)CCC3=O)cc2)cc1. The van der Waals surface area contributed by atoms with E-state index in [2.05, 4.69) is 36.8 Å². The van der Waals surface area contributed by atoms with Gasteiger partial charge in [-0.05, 0) is 59.5 Å². The van der Waals surface area contributed by atoms with Crippen molar-refractivity contribution in [3.8, 4) is 0 Å². The molecule has 1 saturated heterocycles. The van der Waals surface area contributed by atoms with Crippen LogP contribution in [0.2, 0.25) is 0 Å². The second kappa shape index (κ2) is 10.0. The standard InChI is InChI=1S/C28H28N4O4/c1-28(2,3)20-12-8-18(9-13-20)26(35)29-22-6-4-5-7-23(22)30-27(36)19-10-14-21(15-11-19)32-25(34)17-16-24(33)31-32/h4-15H,16-17H2,1-3H3,(H,29,35)(H,30,36)(H,31,33). The fraction of sp³-hybridized carbons (Fsp3) is 0.214. The van der Waals surface area contributed by atoms with Gasteiger partial charge in [-0.3, -0.25) is 24.6 Å². The van der Waals surface area contributed by atoms with Crippen molar-refractivity contribution in [1.29, 1.82) is 0 Å². The van der Waals surface area contributed by atoms with Gasteiger partial charge in [-0.2, -0.15) is 0 Å². The molecule has 4 amide bonds. The van der Waals surface area contributed by atoms with Gasteiger partial charge in [0, 0.05) is 24.0 Å². The second-order valence-corrected chi connectivity index (χ2v) is 9.59. The first-order valence-corrected chi connectivity index (χ1v) is 11.7. The molecule has 0 unspecified atom stereocenters. The van der Waals surface area contributed by atoms with Crippen LogP contribution in [0.25, 0.3) is 0 Å². The quantitative estimate of drug-likeness (QED) is 0.490. The zero-order chi connectivity index (χ0) is 25.9. The van der Waals surface area contributed by atoms with Crippen LogP contribution in [0.5, 0.6) is 0 Å². The van der Waals surface area contributed by atoms with Crippen molar-refractivity contribution in [2.75, 3.05) is 15.6 Å². The number of amides is 4. The van der Waals surface area contributed by atoms with Gasteiger partial charge in [0.1, 0.15) is 0 Å². The van der Waals surface area contributed by atoms with Gasteiger partial charge in [0.2, 0.25) is 11.8 Å². The van der Waals surface area contributed by atoms with Crippen LogP contribution < -0.4 is 21.1 Å². The monoisotopic (exact) mass is 484 g/mol. The first kappa shape index (κ1) is 24.7. The van der Waals surface area contributed by atoms with Crippen LogP contribution in [0.4, 0.5) is 17.1 Å². The summed E-state index contributed by atoms with van der Waals surface area (Å²) >= 11 is 0. The van der Waals surface area contributed by atoms with Crippen molar-refractivity contribution in [2.45, 2.75) is 39.0 Å². The lowest BCUT2D eigenvalue weighted by Gasteiger charge is -2.27. The van der Waals surface area contributed by atoms with Crippen molar-refractivity contribution >= 4 is 40.7 Å². The lowest BCUT2D eigenvalue weighted by Crippen LogP contribution is -2.50. The number of hydrazine groups is 1. The van der Waals surface area contributed by atoms with Gasteiger partial charge in [0.25, 0.3) is 11.8 Å². The van der Waals surface area contributed by atoms with E-state index in [1.165, 1.54) is 5.01 Å². The maximum Gasteiger partial charge on any atom is 0.255 e. The highest BCUT2D eigenvalue weighted by Crippen LogP contribution is 2.25. The topological polar surface area (TPSA) is 108 Å². The molecule has 0 bridgehead atoms. The molecule has 0 spiro atoms. The molecule has 3 aromatic carbocycles. The molecule has 184 valence electrons. The molecule has 1 heterocycles. The lowest BCUT2D eigenvalue weighted by atomic mass is 9.87. The molecule has 3 aromatic rings. The highest BCUT2D eigenvalue weighted by Gasteiger charge is 2.24. The van der Waals surface area contributed by atoms with Crippen LogP contribution in [0.15, 0.2) is 72.8 Å². The summed E-state index contributed by atoms with van der Waals surface area (Å²) < 4.78 is 0. The van der Waals surface area contributed by atoms with E-state index in [0.717, 1.165) is 5.56 Å². The summed E-state index contributed by atoms with van der Waals surface area (Å²) in [6.45, 7) is 6.33. The van der Waals surface area contributed by atoms with E-state index in [4.69, 9.17) is 0 Å². The number of nitrogens with one attached hydrogen (secondary N) is 3. The van der Waals surface area contributed by atoms with Crippen LogP contribution >= 0.6 is 0 Å². The Balaban J connectivity index is 1.45. The minimum atomic E-state index is -0.383. The molecule has 36 heavy (non-hydrogen) atoms. The molecule has 0 aliphatic carbocycles. The molecule has 0 saturated carbocycles. The first-order valence-electron chi connectivity index (χ1n) is 11.7. The Labute approximate surface area is 209 Å². The van der Waals surface area contributed by atoms with Gasteiger partial charge in [-0.25, -0.2) is 5.01 Å². The Morgan fingerprint density at radius 1 is 0.750 bits per heavy atom. The Kier molecular flexibility index (Phi) is 6.87. The third kappa shape index (κ3) is 5.60. The molecule has 1 fully saturated rings. The summed E-state index contributed by atoms with van der Waals surface area (Å²) in [5.74, 6) is -1.12. The van der Waals surface area contributed by atoms with Gasteiger partial charge >= 0.3 is 0 Å². The third-order valence-electron chi connectivity index (χ3n) is 5.88. The van der Waals surface area contributed by atoms with E-state index >= 15 is 0 Å². The molecule has 8 nitrogen and oxygen atoms in total. The van der Waals surface area contributed by atoms with E-state index in [-0.39, 0.29) is 41.9 Å². The Morgan fingerprint density at radius 3 is 1.75 bits per heavy atom. The summed E-state index contributed by atoms with van der Waals surface area (Å²) in [5.41, 5.74) is 5.89. The summed E-state index contributed by atoms with van der Waals surface area (Å²) in [6.07, 6.45) is 0.297. The highest BCUT2D eigenvalue weighted by atomic mass is 16.2. The van der Waals surface area contributed by atoms with E-state index in [1.54, 1.807) is 60.7 Å². The minimum Gasteiger partial charge on any atom is -0.320 e. The van der Waals surface area contributed by atoms with E-state index < -0.39 is 0 Å². The minimum absolute atomic E-state index is 0.0126. The summed E-state index contributed by atoms with van der Waals surface area (Å²) in [4.78, 5) is 49.4. The Bertz CT molecular complexity index is 1310. The molecular weight excluding hydrogens is 456 g/mol. The van der Waals surface area contributed by atoms with Gasteiger partial charge < -0.3 is 10.6 Å². The van der Waals surface area contributed by atoms with Crippen LogP contribution in [-0.2, 0) is 15.0 Å². The molecule has 0 radical (unpaired) electrons. The third-order valence-corrected chi connectivity index (χ3v) is 5.88. The molecular formula is C28H28N4O4. The number of carbonyl (C=O) groups excluding carboxylic acids is 4. The summed E-state index contributed by atoms with van der Waals surface area (Å²) in [5, 5.41) is 6.88. The van der Waals surface area contributed by atoms with E-state index in [1.807, 2.05) is 12.1 Å². The number of anilines is 3. The summed E-state index contributed by atoms with van der Waals surface area (Å²) in [6, 6.07) is 20.7. The number of nitrogens with zero attached hydrogens (tertiary/aromatic N) is 1. The van der Waals surface area contributed by atoms with Gasteiger partial charge in [0.05, 0.1) is 17.1 Å². The average Bonchev–Trinajstić information content (AvgIpc) is 2.86. The lowest BCUT2D eigenvalue weighted by molar-refractivity contribution is -0.130. The maximum atomic E-state index is 12.9. The van der Waals surface area contributed by atoms with Crippen LogP contribution in [0.1, 0.15) is 59.9 Å². The predicted octanol–water partition coefficient (Wildman–Crippen LogP) is 4.65. The molecule has 0 atom stereocenters. The first-order chi connectivity index (χ1) is 17.1. The molecule has 0 aromatic heterocycles. The maximum absolute atomic E-state index is 12.9. The number of para-hydroxylation sites is 2. The number of hydrogen-bond donors (Lipinski definition) is 3. The molecule has 3 N–H and O–H groups in total. The molecule has 4 rings (SSSR count). The van der Waals surface area contributed by atoms with Crippen LogP contribution in [0, 0.1) is 0 Å². The van der Waals surface area contributed by atoms with Crippen molar-refractivity contribution < 1.29 is 19.2 Å². The molecule has 1 aliphatic heterocycles. The van der Waals surface area contributed by atoms with Gasteiger partial charge in [-0.15, -0.1) is 0 Å². The van der Waals surface area contributed by atoms with Gasteiger partial charge in [0.15, 0.2) is 0 Å². The fourth-order valence-corrected chi connectivity index (χ4v) is 3.76. The fourth-order valence-electron chi connectivity index (χ4n) is 3.76. The van der Waals surface area contributed by atoms with E-state index in [9.17, 15) is 19.2 Å². The zero-order valence-electron chi connectivity index (χ0n) is 20.4. The highest BCUT2D eigenvalue weighted by molar-refractivity contribution is 6.10. The number of rotatable bonds is 5. The zero-order valence-corrected chi connectivity index (χ0v) is 20.4. The number of hydrogen-bond acceptors (Lipinski definition) is 4. The number of benzene rings is 3. The summed E-state index contributed by atoms with van der Waals surface area (Å²) in [7, 11) is 0. The number of carbonyl (C=O) groups is 4. The van der Waals surface area contributed by atoms with Gasteiger partial charge in [-0.1, -0.05) is 45.0 Å². The average molecular weight is 485 g/mol. The molecule has 8 heteroatoms. The predicted molar refractivity (Wildman–Crippen MR) is 139 cm³/mol.